The molecule has 0 heterocycles. The summed E-state index contributed by atoms with van der Waals surface area (Å²) in [6.07, 6.45) is 2.00. The molecule has 0 spiro atoms. The quantitative estimate of drug-likeness (QED) is 0.394. The summed E-state index contributed by atoms with van der Waals surface area (Å²) in [6, 6.07) is 0. The summed E-state index contributed by atoms with van der Waals surface area (Å²) in [5.41, 5.74) is 0. The molecule has 0 saturated carbocycles. The fourth-order valence-electron chi connectivity index (χ4n) is 0. The van der Waals surface area contributed by atoms with Crippen LogP contribution in [0.4, 0.5) is 0 Å². The van der Waals surface area contributed by atoms with Gasteiger partial charge in [-0.05, 0) is 0 Å². The van der Waals surface area contributed by atoms with Crippen molar-refractivity contribution in [2.24, 2.45) is 0 Å². The molecule has 118 valence electrons. The largest absolute Gasteiger partial charge is 3.00 e. The molecule has 3 heteroatoms. The van der Waals surface area contributed by atoms with Crippen molar-refractivity contribution in [3.8, 4) is 0 Å². The SMILES string of the molecule is C[C-](C)C.C[C-](C)C.O.[CH2-]CC.[CH2-]CC.[CH3-].[CH3-].[Ti+3].[Ti+3]. The Kier molecular flexibility index (Phi) is 231. The number of hydrogen-bond acceptors (Lipinski definition) is 0. The van der Waals surface area contributed by atoms with E-state index in [1.165, 1.54) is 11.8 Å². The molecule has 0 rings (SSSR count). The zero-order valence-electron chi connectivity index (χ0n) is 15.3. The molecule has 0 aromatic rings. The van der Waals surface area contributed by atoms with Gasteiger partial charge in [-0.2, -0.15) is 54.4 Å². The molecule has 2 radical (unpaired) electrons. The average Bonchev–Trinajstić information content (AvgIpc) is 1.85. The standard InChI is InChI=1S/2C4H9.2C3H7.2CH3.H2O.2Ti/c2*1-4(2)3;2*1-3-2;;;;;/h2*1-3H3;2*1,3H2,2H3;2*1H3;1H2;;/q6*-1;;2*+3. The first-order chi connectivity index (χ1) is 6.29. The van der Waals surface area contributed by atoms with Crippen LogP contribution in [-0.2, 0) is 43.4 Å². The second-order valence-electron chi connectivity index (χ2n) is 4.00. The Hall–Kier alpha value is 1.39. The first-order valence-corrected chi connectivity index (χ1v) is 5.41. The monoisotopic (exact) mass is 344 g/mol. The van der Waals surface area contributed by atoms with Crippen LogP contribution >= 0.6 is 0 Å². The summed E-state index contributed by atoms with van der Waals surface area (Å²) in [6.45, 7) is 23.5. The van der Waals surface area contributed by atoms with Crippen LogP contribution in [0.5, 0.6) is 0 Å². The second-order valence-corrected chi connectivity index (χ2v) is 4.00. The average molecular weight is 344 g/mol. The molecule has 19 heavy (non-hydrogen) atoms. The van der Waals surface area contributed by atoms with Crippen molar-refractivity contribution in [3.63, 3.8) is 0 Å². The first-order valence-electron chi connectivity index (χ1n) is 5.41. The molecular formula is C16H40OTi2. The van der Waals surface area contributed by atoms with E-state index < -0.39 is 0 Å². The molecule has 0 atom stereocenters. The van der Waals surface area contributed by atoms with Crippen LogP contribution in [0, 0.1) is 40.5 Å². The minimum absolute atomic E-state index is 0. The van der Waals surface area contributed by atoms with Crippen LogP contribution in [0.3, 0.4) is 0 Å². The number of rotatable bonds is 0. The van der Waals surface area contributed by atoms with E-state index in [9.17, 15) is 0 Å². The van der Waals surface area contributed by atoms with Gasteiger partial charge in [-0.15, -0.1) is 0 Å². The Morgan fingerprint density at radius 2 is 0.632 bits per heavy atom. The molecule has 0 aliphatic rings. The van der Waals surface area contributed by atoms with E-state index in [1.54, 1.807) is 0 Å². The Labute approximate surface area is 157 Å². The molecule has 0 fully saturated rings. The summed E-state index contributed by atoms with van der Waals surface area (Å²) in [5.74, 6) is 2.83. The summed E-state index contributed by atoms with van der Waals surface area (Å²) in [7, 11) is 0. The topological polar surface area (TPSA) is 31.5 Å². The predicted molar refractivity (Wildman–Crippen MR) is 88.3 cm³/mol. The van der Waals surface area contributed by atoms with E-state index in [0.29, 0.717) is 0 Å². The molecule has 0 amide bonds. The van der Waals surface area contributed by atoms with E-state index in [0.717, 1.165) is 12.8 Å². The Balaban J connectivity index is -0.00000000929. The number of hydrogen-bond donors (Lipinski definition) is 0. The maximum Gasteiger partial charge on any atom is 3.00 e. The van der Waals surface area contributed by atoms with Crippen LogP contribution < -0.4 is 0 Å². The van der Waals surface area contributed by atoms with Crippen LogP contribution in [-0.4, -0.2) is 5.48 Å². The van der Waals surface area contributed by atoms with Crippen molar-refractivity contribution in [2.45, 2.75) is 68.2 Å². The van der Waals surface area contributed by atoms with Gasteiger partial charge in [0.25, 0.3) is 0 Å². The van der Waals surface area contributed by atoms with Crippen molar-refractivity contribution in [1.82, 2.24) is 0 Å². The molecule has 0 aromatic carbocycles. The third-order valence-electron chi connectivity index (χ3n) is 0. The molecular weight excluding hydrogens is 304 g/mol. The third kappa shape index (κ3) is 3040. The van der Waals surface area contributed by atoms with Gasteiger partial charge in [0.05, 0.1) is 0 Å². The van der Waals surface area contributed by atoms with Gasteiger partial charge in [-0.25, -0.2) is 0 Å². The van der Waals surface area contributed by atoms with Crippen molar-refractivity contribution < 1.29 is 48.9 Å². The zero-order valence-corrected chi connectivity index (χ0v) is 18.5. The first kappa shape index (κ1) is 59.1. The summed E-state index contributed by atoms with van der Waals surface area (Å²) in [4.78, 5) is 0. The van der Waals surface area contributed by atoms with Crippen molar-refractivity contribution >= 4 is 0 Å². The van der Waals surface area contributed by atoms with Gasteiger partial charge in [-0.3, -0.25) is 0 Å². The van der Waals surface area contributed by atoms with Gasteiger partial charge in [0.15, 0.2) is 0 Å². The maximum absolute atomic E-state index is 3.49. The third-order valence-corrected chi connectivity index (χ3v) is 0. The van der Waals surface area contributed by atoms with Crippen LogP contribution in [0.2, 0.25) is 0 Å². The van der Waals surface area contributed by atoms with Crippen LogP contribution in [0.15, 0.2) is 0 Å². The van der Waals surface area contributed by atoms with Crippen molar-refractivity contribution in [1.29, 1.82) is 0 Å². The minimum atomic E-state index is 0. The van der Waals surface area contributed by atoms with Crippen molar-refractivity contribution in [3.05, 3.63) is 40.5 Å². The van der Waals surface area contributed by atoms with E-state index in [4.69, 9.17) is 0 Å². The molecule has 0 aliphatic heterocycles. The second kappa shape index (κ2) is 74.4. The maximum atomic E-state index is 3.49. The summed E-state index contributed by atoms with van der Waals surface area (Å²) < 4.78 is 0. The van der Waals surface area contributed by atoms with Gasteiger partial charge in [0.2, 0.25) is 0 Å². The fraction of sp³-hybridized carbons (Fsp3) is 0.625. The van der Waals surface area contributed by atoms with E-state index in [-0.39, 0.29) is 63.8 Å². The Morgan fingerprint density at radius 1 is 0.632 bits per heavy atom. The molecule has 0 unspecified atom stereocenters. The van der Waals surface area contributed by atoms with Gasteiger partial charge in [-0.1, -0.05) is 13.8 Å². The molecule has 0 bridgehead atoms. The van der Waals surface area contributed by atoms with Crippen LogP contribution in [0.1, 0.15) is 68.2 Å². The fourth-order valence-corrected chi connectivity index (χ4v) is 0. The minimum Gasteiger partial charge on any atom is -0.412 e. The van der Waals surface area contributed by atoms with Gasteiger partial charge < -0.3 is 46.0 Å². The molecule has 2 N–H and O–H groups in total. The van der Waals surface area contributed by atoms with Crippen LogP contribution in [0.25, 0.3) is 0 Å². The Morgan fingerprint density at radius 3 is 0.632 bits per heavy atom. The normalized spacial score (nSPS) is 5.68. The predicted octanol–water partition coefficient (Wildman–Crippen LogP) is 5.77. The van der Waals surface area contributed by atoms with E-state index in [2.05, 4.69) is 55.4 Å². The molecule has 1 nitrogen and oxygen atoms in total. The van der Waals surface area contributed by atoms with Gasteiger partial charge in [0.1, 0.15) is 0 Å². The summed E-state index contributed by atoms with van der Waals surface area (Å²) in [5, 5.41) is 0. The van der Waals surface area contributed by atoms with E-state index in [1.807, 2.05) is 13.8 Å². The van der Waals surface area contributed by atoms with Gasteiger partial charge in [0, 0.05) is 0 Å². The van der Waals surface area contributed by atoms with Crippen molar-refractivity contribution in [2.75, 3.05) is 0 Å². The Bertz CT molecular complexity index is 45.2. The molecule has 0 aromatic heterocycles. The van der Waals surface area contributed by atoms with E-state index >= 15 is 0 Å². The van der Waals surface area contributed by atoms with Gasteiger partial charge >= 0.3 is 43.4 Å². The summed E-state index contributed by atoms with van der Waals surface area (Å²) >= 11 is 0. The molecule has 0 saturated heterocycles. The zero-order chi connectivity index (χ0) is 12.6. The molecule has 0 aliphatic carbocycles. The smallest absolute Gasteiger partial charge is 0.412 e.